The van der Waals surface area contributed by atoms with Crippen LogP contribution in [0.25, 0.3) is 0 Å². The number of halogens is 2. The number of anilines is 1. The minimum absolute atomic E-state index is 0.0704. The highest BCUT2D eigenvalue weighted by atomic mass is 32.2. The van der Waals surface area contributed by atoms with Crippen LogP contribution in [0, 0.1) is 11.6 Å². The van der Waals surface area contributed by atoms with Crippen LogP contribution < -0.4 is 10.0 Å². The third kappa shape index (κ3) is 6.29. The van der Waals surface area contributed by atoms with Crippen LogP contribution in [0.2, 0.25) is 0 Å². The fraction of sp³-hybridized carbons (Fsp3) is 0.316. The van der Waals surface area contributed by atoms with Gasteiger partial charge in [0.2, 0.25) is 26.0 Å². The number of hydrogen-bond donors (Lipinski definition) is 2. The molecule has 0 aliphatic heterocycles. The van der Waals surface area contributed by atoms with E-state index in [0.29, 0.717) is 17.8 Å². The normalized spacial score (nSPS) is 12.4. The summed E-state index contributed by atoms with van der Waals surface area (Å²) in [5.41, 5.74) is 0.333. The van der Waals surface area contributed by atoms with Crippen molar-refractivity contribution in [3.63, 3.8) is 0 Å². The minimum atomic E-state index is -4.11. The summed E-state index contributed by atoms with van der Waals surface area (Å²) in [5, 5.41) is 2.52. The average molecular weight is 476 g/mol. The topological polar surface area (TPSA) is 113 Å². The highest BCUT2D eigenvalue weighted by molar-refractivity contribution is 7.89. The summed E-state index contributed by atoms with van der Waals surface area (Å²) >= 11 is 0. The summed E-state index contributed by atoms with van der Waals surface area (Å²) < 4.78 is 78.5. The lowest BCUT2D eigenvalue weighted by atomic mass is 10.3. The Bertz CT molecular complexity index is 1150. The fourth-order valence-corrected chi connectivity index (χ4v) is 4.81. The number of amides is 1. The highest BCUT2D eigenvalue weighted by Gasteiger charge is 2.23. The number of sulfonamides is 2. The molecule has 0 spiro atoms. The molecule has 0 aliphatic rings. The summed E-state index contributed by atoms with van der Waals surface area (Å²) in [4.78, 5) is 11.6. The summed E-state index contributed by atoms with van der Waals surface area (Å²) in [6, 6.07) is 7.48. The van der Waals surface area contributed by atoms with Crippen molar-refractivity contribution in [2.24, 2.45) is 0 Å². The van der Waals surface area contributed by atoms with Gasteiger partial charge in [-0.3, -0.25) is 4.79 Å². The minimum Gasteiger partial charge on any atom is -0.326 e. The Morgan fingerprint density at radius 1 is 0.968 bits per heavy atom. The van der Waals surface area contributed by atoms with E-state index in [2.05, 4.69) is 10.0 Å². The van der Waals surface area contributed by atoms with E-state index in [9.17, 15) is 30.4 Å². The van der Waals surface area contributed by atoms with Gasteiger partial charge in [0.15, 0.2) is 11.6 Å². The molecule has 0 bridgehead atoms. The summed E-state index contributed by atoms with van der Waals surface area (Å²) in [5.74, 6) is -3.00. The Balaban J connectivity index is 1.93. The maximum Gasteiger partial charge on any atom is 0.243 e. The van der Waals surface area contributed by atoms with Crippen LogP contribution in [0.4, 0.5) is 14.5 Å². The van der Waals surface area contributed by atoms with Gasteiger partial charge < -0.3 is 5.32 Å². The monoisotopic (exact) mass is 475 g/mol. The lowest BCUT2D eigenvalue weighted by Gasteiger charge is -2.21. The maximum atomic E-state index is 13.2. The smallest absolute Gasteiger partial charge is 0.243 e. The number of hydrogen-bond acceptors (Lipinski definition) is 5. The predicted octanol–water partition coefficient (Wildman–Crippen LogP) is 2.30. The Kier molecular flexibility index (Phi) is 7.87. The number of rotatable bonds is 9. The molecular formula is C19H23F2N3O5S2. The molecule has 0 aromatic heterocycles. The third-order valence-electron chi connectivity index (χ3n) is 4.39. The molecule has 8 nitrogen and oxygen atoms in total. The first kappa shape index (κ1) is 24.9. The molecule has 0 heterocycles. The van der Waals surface area contributed by atoms with E-state index in [1.54, 1.807) is 13.8 Å². The van der Waals surface area contributed by atoms with Gasteiger partial charge >= 0.3 is 0 Å². The fourth-order valence-electron chi connectivity index (χ4n) is 2.40. The van der Waals surface area contributed by atoms with Gasteiger partial charge in [0.1, 0.15) is 0 Å². The van der Waals surface area contributed by atoms with E-state index < -0.39 is 42.5 Å². The molecule has 31 heavy (non-hydrogen) atoms. The molecule has 0 aliphatic carbocycles. The van der Waals surface area contributed by atoms with Gasteiger partial charge in [-0.05, 0) is 56.3 Å². The number of carbonyl (C=O) groups excluding carboxylic acids is 1. The van der Waals surface area contributed by atoms with E-state index in [-0.39, 0.29) is 23.9 Å². The zero-order chi connectivity index (χ0) is 23.4. The van der Waals surface area contributed by atoms with Crippen LogP contribution in [0.3, 0.4) is 0 Å². The molecule has 2 aromatic rings. The first-order valence-corrected chi connectivity index (χ1v) is 12.1. The Hall–Kier alpha value is -2.41. The van der Waals surface area contributed by atoms with Crippen molar-refractivity contribution in [3.05, 3.63) is 54.1 Å². The van der Waals surface area contributed by atoms with Crippen molar-refractivity contribution >= 4 is 31.6 Å². The molecule has 0 saturated carbocycles. The second-order valence-corrected chi connectivity index (χ2v) is 10.7. The van der Waals surface area contributed by atoms with Crippen LogP contribution in [-0.2, 0) is 24.8 Å². The van der Waals surface area contributed by atoms with E-state index in [0.717, 1.165) is 6.07 Å². The van der Waals surface area contributed by atoms with Gasteiger partial charge in [-0.15, -0.1) is 0 Å². The quantitative estimate of drug-likeness (QED) is 0.578. The van der Waals surface area contributed by atoms with Crippen LogP contribution in [0.5, 0.6) is 0 Å². The van der Waals surface area contributed by atoms with Crippen LogP contribution >= 0.6 is 0 Å². The van der Waals surface area contributed by atoms with Gasteiger partial charge in [-0.2, -0.15) is 4.31 Å². The first-order chi connectivity index (χ1) is 14.3. The van der Waals surface area contributed by atoms with Gasteiger partial charge in [0, 0.05) is 31.7 Å². The second kappa shape index (κ2) is 9.81. The number of nitrogens with one attached hydrogen (secondary N) is 2. The predicted molar refractivity (Wildman–Crippen MR) is 111 cm³/mol. The molecule has 2 rings (SSSR count). The van der Waals surface area contributed by atoms with Gasteiger partial charge in [-0.1, -0.05) is 0 Å². The van der Waals surface area contributed by atoms with E-state index in [1.807, 2.05) is 0 Å². The largest absolute Gasteiger partial charge is 0.326 e. The molecule has 2 N–H and O–H groups in total. The van der Waals surface area contributed by atoms with Crippen LogP contribution in [0.15, 0.2) is 52.3 Å². The Morgan fingerprint density at radius 3 is 2.10 bits per heavy atom. The molecule has 0 atom stereocenters. The van der Waals surface area contributed by atoms with Gasteiger partial charge in [0.25, 0.3) is 0 Å². The van der Waals surface area contributed by atoms with Crippen molar-refractivity contribution in [3.8, 4) is 0 Å². The zero-order valence-corrected chi connectivity index (χ0v) is 18.7. The Morgan fingerprint density at radius 2 is 1.55 bits per heavy atom. The number of benzene rings is 2. The molecule has 12 heteroatoms. The lowest BCUT2D eigenvalue weighted by Crippen LogP contribution is -2.33. The average Bonchev–Trinajstić information content (AvgIpc) is 2.69. The van der Waals surface area contributed by atoms with Crippen molar-refractivity contribution in [2.45, 2.75) is 36.1 Å². The van der Waals surface area contributed by atoms with E-state index in [4.69, 9.17) is 0 Å². The van der Waals surface area contributed by atoms with Crippen molar-refractivity contribution in [2.75, 3.05) is 18.9 Å². The van der Waals surface area contributed by atoms with E-state index in [1.165, 1.54) is 35.6 Å². The molecule has 2 aromatic carbocycles. The Labute approximate surface area is 180 Å². The lowest BCUT2D eigenvalue weighted by molar-refractivity contribution is -0.116. The summed E-state index contributed by atoms with van der Waals surface area (Å²) in [6.45, 7) is 3.21. The summed E-state index contributed by atoms with van der Waals surface area (Å²) in [7, 11) is -6.30. The molecule has 0 saturated heterocycles. The molecule has 0 unspecified atom stereocenters. The summed E-state index contributed by atoms with van der Waals surface area (Å²) in [6.07, 6.45) is -0.237. The molecule has 0 fully saturated rings. The molecule has 0 radical (unpaired) electrons. The van der Waals surface area contributed by atoms with Gasteiger partial charge in [-0.25, -0.2) is 30.3 Å². The number of nitrogens with zero attached hydrogens (tertiary/aromatic N) is 1. The van der Waals surface area contributed by atoms with Crippen molar-refractivity contribution in [1.29, 1.82) is 0 Å². The van der Waals surface area contributed by atoms with Crippen LogP contribution in [-0.4, -0.2) is 46.7 Å². The third-order valence-corrected chi connectivity index (χ3v) is 7.89. The van der Waals surface area contributed by atoms with Crippen molar-refractivity contribution in [1.82, 2.24) is 9.03 Å². The highest BCUT2D eigenvalue weighted by Crippen LogP contribution is 2.19. The molecular weight excluding hydrogens is 452 g/mol. The number of carbonyl (C=O) groups is 1. The second-order valence-electron chi connectivity index (χ2n) is 6.91. The van der Waals surface area contributed by atoms with Gasteiger partial charge in [0.05, 0.1) is 9.79 Å². The SMILES string of the molecule is CC(C)N(C)S(=O)(=O)c1ccc(NC(=O)CCNS(=O)(=O)c2ccc(F)c(F)c2)cc1. The first-order valence-electron chi connectivity index (χ1n) is 9.17. The standard InChI is InChI=1S/C19H23F2N3O5S2/c1-13(2)24(3)31(28,29)15-6-4-14(5-7-15)23-19(25)10-11-22-30(26,27)16-8-9-17(20)18(21)12-16/h4-9,12-13,22H,10-11H2,1-3H3,(H,23,25). The van der Waals surface area contributed by atoms with Crippen molar-refractivity contribution < 1.29 is 30.4 Å². The van der Waals surface area contributed by atoms with E-state index >= 15 is 0 Å². The van der Waals surface area contributed by atoms with Crippen LogP contribution in [0.1, 0.15) is 20.3 Å². The molecule has 1 amide bonds. The molecule has 170 valence electrons. The zero-order valence-electron chi connectivity index (χ0n) is 17.1. The maximum absolute atomic E-state index is 13.2.